The summed E-state index contributed by atoms with van der Waals surface area (Å²) >= 11 is 0. The Balaban J connectivity index is 0.00000128. The maximum Gasteiger partial charge on any atom is 0.248 e. The van der Waals surface area contributed by atoms with E-state index < -0.39 is 0 Å². The molecule has 1 amide bonds. The van der Waals surface area contributed by atoms with Gasteiger partial charge in [-0.2, -0.15) is 0 Å². The van der Waals surface area contributed by atoms with E-state index in [4.69, 9.17) is 4.74 Å². The number of ether oxygens (including phenoxy) is 1. The second-order valence-electron chi connectivity index (χ2n) is 4.53. The van der Waals surface area contributed by atoms with Crippen LogP contribution in [0.15, 0.2) is 0 Å². The van der Waals surface area contributed by atoms with E-state index >= 15 is 0 Å². The number of carbonyl (C=O) groups is 1. The first kappa shape index (κ1) is 13.7. The first-order chi connectivity index (χ1) is 7.27. The summed E-state index contributed by atoms with van der Waals surface area (Å²) < 4.78 is 5.59. The van der Waals surface area contributed by atoms with Crippen molar-refractivity contribution in [3.05, 3.63) is 0 Å². The Bertz CT molecular complexity index is 228. The molecular weight excluding hydrogens is 228 g/mol. The number of carbonyl (C=O) groups excluding carboxylic acids is 1. The first-order valence-electron chi connectivity index (χ1n) is 5.85. The molecule has 4 nitrogen and oxygen atoms in total. The molecule has 0 radical (unpaired) electrons. The highest BCUT2D eigenvalue weighted by Gasteiger charge is 2.26. The second kappa shape index (κ2) is 6.42. The summed E-state index contributed by atoms with van der Waals surface area (Å²) in [5.74, 6) is 0.119. The van der Waals surface area contributed by atoms with Gasteiger partial charge in [-0.15, -0.1) is 12.4 Å². The van der Waals surface area contributed by atoms with Gasteiger partial charge in [0.25, 0.3) is 0 Å². The van der Waals surface area contributed by atoms with E-state index in [1.54, 1.807) is 0 Å². The van der Waals surface area contributed by atoms with Gasteiger partial charge in [0.2, 0.25) is 5.91 Å². The molecular formula is C11H21ClN2O2. The number of amides is 1. The van der Waals surface area contributed by atoms with E-state index in [9.17, 15) is 4.79 Å². The Labute approximate surface area is 103 Å². The summed E-state index contributed by atoms with van der Waals surface area (Å²) in [5, 5.41) is 3.16. The van der Waals surface area contributed by atoms with E-state index in [-0.39, 0.29) is 24.9 Å². The molecule has 0 unspecified atom stereocenters. The zero-order valence-electron chi connectivity index (χ0n) is 9.78. The molecule has 1 saturated heterocycles. The van der Waals surface area contributed by atoms with Crippen molar-refractivity contribution < 1.29 is 9.53 Å². The van der Waals surface area contributed by atoms with Gasteiger partial charge in [0.15, 0.2) is 0 Å². The minimum atomic E-state index is 0. The second-order valence-corrected chi connectivity index (χ2v) is 4.53. The Morgan fingerprint density at radius 1 is 1.38 bits per heavy atom. The summed E-state index contributed by atoms with van der Waals surface area (Å²) in [7, 11) is 1.87. The average molecular weight is 249 g/mol. The Morgan fingerprint density at radius 2 is 2.00 bits per heavy atom. The van der Waals surface area contributed by atoms with Crippen LogP contribution in [0.4, 0.5) is 0 Å². The van der Waals surface area contributed by atoms with Gasteiger partial charge in [-0.3, -0.25) is 4.79 Å². The lowest BCUT2D eigenvalue weighted by Crippen LogP contribution is -2.58. The van der Waals surface area contributed by atoms with Gasteiger partial charge in [-0.25, -0.2) is 0 Å². The van der Waals surface area contributed by atoms with Crippen molar-refractivity contribution in [3.63, 3.8) is 0 Å². The third-order valence-electron chi connectivity index (χ3n) is 3.45. The summed E-state index contributed by atoms with van der Waals surface area (Å²) in [5.41, 5.74) is 0. The summed E-state index contributed by atoms with van der Waals surface area (Å²) in [6.07, 6.45) is 5.09. The first-order valence-corrected chi connectivity index (χ1v) is 5.85. The molecule has 1 aliphatic heterocycles. The van der Waals surface area contributed by atoms with E-state index in [0.29, 0.717) is 12.1 Å². The van der Waals surface area contributed by atoms with Crippen molar-refractivity contribution >= 4 is 18.3 Å². The number of likely N-dealkylation sites (N-methyl/N-ethyl adjacent to an activating group) is 1. The molecule has 1 aliphatic carbocycles. The predicted octanol–water partition coefficient (Wildman–Crippen LogP) is 0.798. The van der Waals surface area contributed by atoms with Gasteiger partial charge in [0.1, 0.15) is 6.61 Å². The van der Waals surface area contributed by atoms with Crippen molar-refractivity contribution in [2.45, 2.75) is 37.8 Å². The van der Waals surface area contributed by atoms with Gasteiger partial charge < -0.3 is 15.0 Å². The monoisotopic (exact) mass is 248 g/mol. The molecule has 2 aliphatic rings. The maximum absolute atomic E-state index is 11.7. The number of hydrogen-bond acceptors (Lipinski definition) is 3. The molecule has 1 saturated carbocycles. The van der Waals surface area contributed by atoms with Crippen LogP contribution >= 0.6 is 12.4 Å². The number of nitrogens with zero attached hydrogens (tertiary/aromatic N) is 1. The smallest absolute Gasteiger partial charge is 0.248 e. The van der Waals surface area contributed by atoms with Crippen LogP contribution in [-0.2, 0) is 9.53 Å². The minimum Gasteiger partial charge on any atom is -0.368 e. The van der Waals surface area contributed by atoms with Crippen molar-refractivity contribution in [2.75, 3.05) is 26.7 Å². The van der Waals surface area contributed by atoms with E-state index in [0.717, 1.165) is 25.9 Å². The van der Waals surface area contributed by atoms with Crippen LogP contribution in [0.25, 0.3) is 0 Å². The van der Waals surface area contributed by atoms with Crippen molar-refractivity contribution in [1.82, 2.24) is 10.2 Å². The summed E-state index contributed by atoms with van der Waals surface area (Å²) in [4.78, 5) is 13.5. The van der Waals surface area contributed by atoms with Crippen LogP contribution in [0.1, 0.15) is 25.7 Å². The summed E-state index contributed by atoms with van der Waals surface area (Å²) in [6.45, 7) is 2.11. The lowest BCUT2D eigenvalue weighted by molar-refractivity contribution is -0.139. The number of rotatable bonds is 4. The number of nitrogens with one attached hydrogen (secondary N) is 1. The Hall–Kier alpha value is -0.320. The lowest BCUT2D eigenvalue weighted by Gasteiger charge is -2.35. The highest BCUT2D eigenvalue weighted by atomic mass is 35.5. The lowest BCUT2D eigenvalue weighted by atomic mass is 10.1. The molecule has 0 aromatic rings. The molecule has 94 valence electrons. The molecule has 0 spiro atoms. The fourth-order valence-corrected chi connectivity index (χ4v) is 2.10. The van der Waals surface area contributed by atoms with Crippen LogP contribution in [0.2, 0.25) is 0 Å². The normalized spacial score (nSPS) is 21.3. The van der Waals surface area contributed by atoms with Crippen LogP contribution in [0, 0.1) is 0 Å². The van der Waals surface area contributed by atoms with E-state index in [1.807, 2.05) is 11.9 Å². The molecule has 0 bridgehead atoms. The third kappa shape index (κ3) is 3.34. The molecule has 5 heteroatoms. The van der Waals surface area contributed by atoms with Crippen LogP contribution in [0.3, 0.4) is 0 Å². The van der Waals surface area contributed by atoms with Crippen molar-refractivity contribution in [2.24, 2.45) is 0 Å². The van der Waals surface area contributed by atoms with E-state index in [2.05, 4.69) is 5.32 Å². The van der Waals surface area contributed by atoms with Crippen LogP contribution in [-0.4, -0.2) is 49.7 Å². The van der Waals surface area contributed by atoms with Crippen molar-refractivity contribution in [3.8, 4) is 0 Å². The topological polar surface area (TPSA) is 41.6 Å². The number of halogens is 1. The van der Waals surface area contributed by atoms with Gasteiger partial charge in [0.05, 0.1) is 12.1 Å². The van der Waals surface area contributed by atoms with Crippen molar-refractivity contribution in [1.29, 1.82) is 0 Å². The maximum atomic E-state index is 11.7. The van der Waals surface area contributed by atoms with Gasteiger partial charge in [-0.05, 0) is 12.8 Å². The predicted molar refractivity (Wildman–Crippen MR) is 64.9 cm³/mol. The summed E-state index contributed by atoms with van der Waals surface area (Å²) in [6, 6.07) is 0.379. The fourth-order valence-electron chi connectivity index (χ4n) is 2.10. The number of hydrogen-bond donors (Lipinski definition) is 1. The van der Waals surface area contributed by atoms with Gasteiger partial charge in [0, 0.05) is 20.1 Å². The average Bonchev–Trinajstić information content (AvgIpc) is 2.63. The van der Waals surface area contributed by atoms with E-state index in [1.165, 1.54) is 12.8 Å². The molecule has 0 aromatic heterocycles. The Kier molecular flexibility index (Phi) is 5.52. The van der Waals surface area contributed by atoms with Gasteiger partial charge in [-0.1, -0.05) is 12.8 Å². The molecule has 2 fully saturated rings. The zero-order valence-corrected chi connectivity index (χ0v) is 10.6. The quantitative estimate of drug-likeness (QED) is 0.800. The largest absolute Gasteiger partial charge is 0.368 e. The highest BCUT2D eigenvalue weighted by molar-refractivity contribution is 5.85. The highest BCUT2D eigenvalue weighted by Crippen LogP contribution is 2.20. The fraction of sp³-hybridized carbons (Fsp3) is 0.909. The van der Waals surface area contributed by atoms with Crippen LogP contribution in [0.5, 0.6) is 0 Å². The van der Waals surface area contributed by atoms with Gasteiger partial charge >= 0.3 is 0 Å². The molecule has 1 N–H and O–H groups in total. The molecule has 1 heterocycles. The Morgan fingerprint density at radius 3 is 2.50 bits per heavy atom. The standard InChI is InChI=1S/C11H20N2O2.ClH/c1-13(9-6-12-7-9)11(14)8-15-10-4-2-3-5-10;/h9-10,12H,2-8H2,1H3;1H. The molecule has 0 atom stereocenters. The molecule has 0 aromatic carbocycles. The SMILES string of the molecule is CN(C(=O)COC1CCCC1)C1CNC1.Cl. The minimum absolute atomic E-state index is 0. The third-order valence-corrected chi connectivity index (χ3v) is 3.45. The molecule has 2 rings (SSSR count). The van der Waals surface area contributed by atoms with Crippen LogP contribution < -0.4 is 5.32 Å². The molecule has 16 heavy (non-hydrogen) atoms. The zero-order chi connectivity index (χ0) is 10.7.